The molecule has 1 aliphatic heterocycles. The molecule has 6 nitrogen and oxygen atoms in total. The van der Waals surface area contributed by atoms with E-state index in [1.807, 2.05) is 25.6 Å². The Balaban J connectivity index is 1.37. The number of ether oxygens (including phenoxy) is 1. The third-order valence-corrected chi connectivity index (χ3v) is 5.24. The van der Waals surface area contributed by atoms with Crippen LogP contribution in [0, 0.1) is 5.92 Å². The molecule has 0 unspecified atom stereocenters. The minimum absolute atomic E-state index is 0.710. The summed E-state index contributed by atoms with van der Waals surface area (Å²) in [6.45, 7) is 5.75. The van der Waals surface area contributed by atoms with Crippen LogP contribution in [-0.4, -0.2) is 56.9 Å². The van der Waals surface area contributed by atoms with E-state index in [2.05, 4.69) is 49.4 Å². The van der Waals surface area contributed by atoms with Gasteiger partial charge in [0.15, 0.2) is 0 Å². The molecule has 27 heavy (non-hydrogen) atoms. The molecule has 2 aromatic rings. The van der Waals surface area contributed by atoms with Crippen LogP contribution >= 0.6 is 0 Å². The molecule has 0 saturated carbocycles. The van der Waals surface area contributed by atoms with Gasteiger partial charge in [-0.3, -0.25) is 4.98 Å². The summed E-state index contributed by atoms with van der Waals surface area (Å²) in [7, 11) is 3.76. The molecule has 1 N–H and O–H groups in total. The molecule has 3 heterocycles. The average molecular weight is 370 g/mol. The number of likely N-dealkylation sites (N-methyl/N-ethyl adjacent to an activating group) is 1. The van der Waals surface area contributed by atoms with Gasteiger partial charge < -0.3 is 19.9 Å². The largest absolute Gasteiger partial charge is 0.383 e. The van der Waals surface area contributed by atoms with E-state index in [1.165, 1.54) is 24.1 Å². The topological polar surface area (TPSA) is 53.5 Å². The predicted octanol–water partition coefficient (Wildman–Crippen LogP) is 2.57. The fraction of sp³-hybridized carbons (Fsp3) is 0.524. The van der Waals surface area contributed by atoms with Crippen molar-refractivity contribution in [2.24, 2.45) is 5.92 Å². The van der Waals surface area contributed by atoms with E-state index in [9.17, 15) is 0 Å². The first-order valence-corrected chi connectivity index (χ1v) is 9.77. The van der Waals surface area contributed by atoms with E-state index in [0.717, 1.165) is 44.5 Å². The van der Waals surface area contributed by atoms with E-state index < -0.39 is 0 Å². The first-order valence-electron chi connectivity index (χ1n) is 9.77. The SMILES string of the molecule is COCCN(C)c1ccc(CNCC2CCN(c3ccncc3)CC2)cn1. The van der Waals surface area contributed by atoms with E-state index >= 15 is 0 Å². The van der Waals surface area contributed by atoms with Crippen LogP contribution < -0.4 is 15.1 Å². The van der Waals surface area contributed by atoms with Gasteiger partial charge in [-0.05, 0) is 49.1 Å². The molecule has 0 atom stereocenters. The van der Waals surface area contributed by atoms with Gasteiger partial charge in [0.25, 0.3) is 0 Å². The number of aromatic nitrogens is 2. The predicted molar refractivity (Wildman–Crippen MR) is 110 cm³/mol. The fourth-order valence-corrected chi connectivity index (χ4v) is 3.46. The normalized spacial score (nSPS) is 15.1. The van der Waals surface area contributed by atoms with Crippen molar-refractivity contribution in [3.05, 3.63) is 48.4 Å². The molecule has 6 heteroatoms. The van der Waals surface area contributed by atoms with Gasteiger partial charge in [0.2, 0.25) is 0 Å². The van der Waals surface area contributed by atoms with Crippen molar-refractivity contribution in [3.8, 4) is 0 Å². The van der Waals surface area contributed by atoms with E-state index in [-0.39, 0.29) is 0 Å². The minimum atomic E-state index is 0.710. The van der Waals surface area contributed by atoms with Crippen molar-refractivity contribution >= 4 is 11.5 Å². The molecule has 0 spiro atoms. The van der Waals surface area contributed by atoms with Crippen molar-refractivity contribution in [1.82, 2.24) is 15.3 Å². The molecule has 1 fully saturated rings. The summed E-state index contributed by atoms with van der Waals surface area (Å²) in [5.41, 5.74) is 2.52. The van der Waals surface area contributed by atoms with Crippen molar-refractivity contribution in [3.63, 3.8) is 0 Å². The molecule has 146 valence electrons. The average Bonchev–Trinajstić information content (AvgIpc) is 2.73. The number of anilines is 2. The Morgan fingerprint density at radius 3 is 2.63 bits per heavy atom. The minimum Gasteiger partial charge on any atom is -0.383 e. The highest BCUT2D eigenvalue weighted by atomic mass is 16.5. The zero-order valence-electron chi connectivity index (χ0n) is 16.5. The Bertz CT molecular complexity index is 656. The fourth-order valence-electron chi connectivity index (χ4n) is 3.46. The van der Waals surface area contributed by atoms with Gasteiger partial charge in [-0.2, -0.15) is 0 Å². The Labute approximate surface area is 162 Å². The lowest BCUT2D eigenvalue weighted by atomic mass is 9.96. The lowest BCUT2D eigenvalue weighted by Crippen LogP contribution is -2.37. The molecule has 3 rings (SSSR count). The summed E-state index contributed by atoms with van der Waals surface area (Å²) in [5, 5.41) is 3.61. The van der Waals surface area contributed by atoms with Crippen LogP contribution in [0.4, 0.5) is 11.5 Å². The Hall–Kier alpha value is -2.18. The third kappa shape index (κ3) is 5.91. The number of methoxy groups -OCH3 is 1. The lowest BCUT2D eigenvalue weighted by molar-refractivity contribution is 0.206. The number of nitrogens with zero attached hydrogens (tertiary/aromatic N) is 4. The second-order valence-electron chi connectivity index (χ2n) is 7.21. The molecular formula is C21H31N5O. The highest BCUT2D eigenvalue weighted by Gasteiger charge is 2.19. The van der Waals surface area contributed by atoms with Gasteiger partial charge in [-0.15, -0.1) is 0 Å². The van der Waals surface area contributed by atoms with Crippen LogP contribution in [0.3, 0.4) is 0 Å². The third-order valence-electron chi connectivity index (χ3n) is 5.24. The maximum atomic E-state index is 5.11. The second-order valence-corrected chi connectivity index (χ2v) is 7.21. The number of hydrogen-bond acceptors (Lipinski definition) is 6. The van der Waals surface area contributed by atoms with Crippen LogP contribution in [0.25, 0.3) is 0 Å². The maximum absolute atomic E-state index is 5.11. The highest BCUT2D eigenvalue weighted by Crippen LogP contribution is 2.22. The van der Waals surface area contributed by atoms with Gasteiger partial charge in [-0.25, -0.2) is 4.98 Å². The highest BCUT2D eigenvalue weighted by molar-refractivity contribution is 5.44. The van der Waals surface area contributed by atoms with E-state index in [4.69, 9.17) is 4.74 Å². The van der Waals surface area contributed by atoms with Crippen LogP contribution in [0.5, 0.6) is 0 Å². The number of pyridine rings is 2. The molecule has 0 amide bonds. The molecule has 0 aliphatic carbocycles. The van der Waals surface area contributed by atoms with Crippen molar-refractivity contribution in [1.29, 1.82) is 0 Å². The van der Waals surface area contributed by atoms with Crippen LogP contribution in [0.1, 0.15) is 18.4 Å². The molecule has 0 bridgehead atoms. The van der Waals surface area contributed by atoms with Crippen molar-refractivity contribution < 1.29 is 4.74 Å². The standard InChI is InChI=1S/C21H31N5O/c1-25(13-14-27-2)21-4-3-19(17-24-21)16-23-15-18-7-11-26(12-8-18)20-5-9-22-10-6-20/h3-6,9-10,17-18,23H,7-8,11-16H2,1-2H3. The first-order chi connectivity index (χ1) is 13.3. The van der Waals surface area contributed by atoms with Gasteiger partial charge in [-0.1, -0.05) is 6.07 Å². The molecule has 1 aliphatic rings. The van der Waals surface area contributed by atoms with Gasteiger partial charge in [0, 0.05) is 64.6 Å². The zero-order valence-corrected chi connectivity index (χ0v) is 16.5. The smallest absolute Gasteiger partial charge is 0.128 e. The van der Waals surface area contributed by atoms with Crippen LogP contribution in [0.2, 0.25) is 0 Å². The monoisotopic (exact) mass is 369 g/mol. The lowest BCUT2D eigenvalue weighted by Gasteiger charge is -2.33. The quantitative estimate of drug-likeness (QED) is 0.733. The Morgan fingerprint density at radius 2 is 1.96 bits per heavy atom. The number of piperidine rings is 1. The molecule has 0 radical (unpaired) electrons. The Morgan fingerprint density at radius 1 is 1.19 bits per heavy atom. The zero-order chi connectivity index (χ0) is 18.9. The first kappa shape index (κ1) is 19.6. The van der Waals surface area contributed by atoms with Gasteiger partial charge in [0.05, 0.1) is 6.61 Å². The van der Waals surface area contributed by atoms with E-state index in [0.29, 0.717) is 6.61 Å². The molecule has 1 saturated heterocycles. The summed E-state index contributed by atoms with van der Waals surface area (Å²) in [4.78, 5) is 13.2. The van der Waals surface area contributed by atoms with E-state index in [1.54, 1.807) is 7.11 Å². The number of nitrogens with one attached hydrogen (secondary N) is 1. The second kappa shape index (κ2) is 10.2. The Kier molecular flexibility index (Phi) is 7.42. The molecule has 0 aromatic carbocycles. The summed E-state index contributed by atoms with van der Waals surface area (Å²) < 4.78 is 5.11. The summed E-state index contributed by atoms with van der Waals surface area (Å²) in [5.74, 6) is 1.73. The number of hydrogen-bond donors (Lipinski definition) is 1. The van der Waals surface area contributed by atoms with Gasteiger partial charge >= 0.3 is 0 Å². The summed E-state index contributed by atoms with van der Waals surface area (Å²) in [6.07, 6.45) is 8.18. The summed E-state index contributed by atoms with van der Waals surface area (Å²) >= 11 is 0. The van der Waals surface area contributed by atoms with Crippen LogP contribution in [-0.2, 0) is 11.3 Å². The van der Waals surface area contributed by atoms with Gasteiger partial charge in [0.1, 0.15) is 5.82 Å². The van der Waals surface area contributed by atoms with Crippen molar-refractivity contribution in [2.75, 3.05) is 56.7 Å². The molecular weight excluding hydrogens is 338 g/mol. The summed E-state index contributed by atoms with van der Waals surface area (Å²) in [6, 6.07) is 8.44. The molecule has 2 aromatic heterocycles. The van der Waals surface area contributed by atoms with Crippen LogP contribution in [0.15, 0.2) is 42.9 Å². The number of rotatable bonds is 9. The maximum Gasteiger partial charge on any atom is 0.128 e. The van der Waals surface area contributed by atoms with Crippen molar-refractivity contribution in [2.45, 2.75) is 19.4 Å².